The first-order valence-electron chi connectivity index (χ1n) is 7.41. The maximum atomic E-state index is 12.4. The van der Waals surface area contributed by atoms with E-state index in [4.69, 9.17) is 9.47 Å². The Kier molecular flexibility index (Phi) is 5.70. The molecule has 1 fully saturated rings. The van der Waals surface area contributed by atoms with Crippen molar-refractivity contribution in [1.82, 2.24) is 0 Å². The Labute approximate surface area is 125 Å². The van der Waals surface area contributed by atoms with Crippen LogP contribution in [0.25, 0.3) is 0 Å². The van der Waals surface area contributed by atoms with Crippen molar-refractivity contribution in [2.75, 3.05) is 13.2 Å². The summed E-state index contributed by atoms with van der Waals surface area (Å²) in [7, 11) is 0. The van der Waals surface area contributed by atoms with Gasteiger partial charge in [-0.15, -0.1) is 0 Å². The molecule has 0 amide bonds. The van der Waals surface area contributed by atoms with Gasteiger partial charge < -0.3 is 9.47 Å². The first kappa shape index (κ1) is 17.4. The van der Waals surface area contributed by atoms with Crippen LogP contribution in [0.15, 0.2) is 12.2 Å². The minimum absolute atomic E-state index is 0.0111. The van der Waals surface area contributed by atoms with Gasteiger partial charge in [-0.1, -0.05) is 26.0 Å². The smallest absolute Gasteiger partial charge is 0.324 e. The van der Waals surface area contributed by atoms with Crippen LogP contribution in [0.1, 0.15) is 40.5 Å². The van der Waals surface area contributed by atoms with Gasteiger partial charge in [-0.05, 0) is 26.2 Å². The van der Waals surface area contributed by atoms with Crippen LogP contribution in [0.5, 0.6) is 0 Å². The molecule has 1 saturated carbocycles. The topological polar surface area (TPSA) is 69.7 Å². The first-order chi connectivity index (χ1) is 9.86. The van der Waals surface area contributed by atoms with Gasteiger partial charge in [-0.25, -0.2) is 0 Å². The maximum absolute atomic E-state index is 12.4. The number of allylic oxidation sites excluding steroid dienone is 1. The van der Waals surface area contributed by atoms with E-state index < -0.39 is 29.2 Å². The average molecular weight is 296 g/mol. The Morgan fingerprint density at radius 2 is 1.62 bits per heavy atom. The summed E-state index contributed by atoms with van der Waals surface area (Å²) >= 11 is 0. The van der Waals surface area contributed by atoms with Crippen molar-refractivity contribution in [3.05, 3.63) is 12.2 Å². The summed E-state index contributed by atoms with van der Waals surface area (Å²) in [6, 6.07) is 0. The van der Waals surface area contributed by atoms with Gasteiger partial charge in [0.25, 0.3) is 0 Å². The Morgan fingerprint density at radius 1 is 1.14 bits per heavy atom. The Hall–Kier alpha value is -1.65. The van der Waals surface area contributed by atoms with Crippen molar-refractivity contribution in [2.24, 2.45) is 17.3 Å². The van der Waals surface area contributed by atoms with E-state index >= 15 is 0 Å². The second-order valence-corrected chi connectivity index (χ2v) is 5.33. The Bertz CT molecular complexity index is 434. The Balaban J connectivity index is 3.26. The lowest BCUT2D eigenvalue weighted by Gasteiger charge is -2.29. The summed E-state index contributed by atoms with van der Waals surface area (Å²) in [6.07, 6.45) is 0.456. The van der Waals surface area contributed by atoms with Crippen molar-refractivity contribution in [3.8, 4) is 0 Å². The number of carbonyl (C=O) groups is 3. The van der Waals surface area contributed by atoms with Crippen molar-refractivity contribution in [1.29, 1.82) is 0 Å². The molecule has 2 atom stereocenters. The van der Waals surface area contributed by atoms with E-state index in [-0.39, 0.29) is 25.4 Å². The minimum atomic E-state index is -1.45. The molecule has 0 spiro atoms. The number of ether oxygens (including phenoxy) is 2. The van der Waals surface area contributed by atoms with E-state index in [2.05, 4.69) is 6.58 Å². The van der Waals surface area contributed by atoms with E-state index in [1.54, 1.807) is 27.7 Å². The summed E-state index contributed by atoms with van der Waals surface area (Å²) in [5.74, 6) is -2.26. The summed E-state index contributed by atoms with van der Waals surface area (Å²) < 4.78 is 10.2. The fourth-order valence-electron chi connectivity index (χ4n) is 3.11. The molecule has 0 aromatic rings. The van der Waals surface area contributed by atoms with Gasteiger partial charge in [-0.2, -0.15) is 0 Å². The number of hydrogen-bond acceptors (Lipinski definition) is 5. The molecule has 0 aliphatic heterocycles. The molecule has 0 aromatic heterocycles. The standard InChI is InChI=1S/C16H24O5/c1-6-12(17)13-10(4)9-16(11(13)5,14(18)20-7-2)15(19)21-8-3/h11,13H,4,6-9H2,1-3,5H3/t11-,13+/m1/s1. The average Bonchev–Trinajstić information content (AvgIpc) is 2.71. The fourth-order valence-corrected chi connectivity index (χ4v) is 3.11. The highest BCUT2D eigenvalue weighted by Crippen LogP contribution is 2.51. The Morgan fingerprint density at radius 3 is 2.00 bits per heavy atom. The molecule has 5 heteroatoms. The molecule has 0 aromatic carbocycles. The SMILES string of the molecule is C=C1CC(C(=O)OCC)(C(=O)OCC)[C@H](C)[C@H]1C(=O)CC. The van der Waals surface area contributed by atoms with E-state index in [1.807, 2.05) is 0 Å². The second-order valence-electron chi connectivity index (χ2n) is 5.33. The van der Waals surface area contributed by atoms with Gasteiger partial charge in [0.05, 0.1) is 13.2 Å². The van der Waals surface area contributed by atoms with Crippen LogP contribution >= 0.6 is 0 Å². The third-order valence-corrected chi connectivity index (χ3v) is 4.20. The van der Waals surface area contributed by atoms with Crippen molar-refractivity contribution < 1.29 is 23.9 Å². The van der Waals surface area contributed by atoms with Crippen LogP contribution < -0.4 is 0 Å². The predicted molar refractivity (Wildman–Crippen MR) is 77.4 cm³/mol. The molecule has 1 rings (SSSR count). The lowest BCUT2D eigenvalue weighted by atomic mass is 9.75. The molecular formula is C16H24O5. The van der Waals surface area contributed by atoms with Gasteiger partial charge in [0.15, 0.2) is 5.41 Å². The fraction of sp³-hybridized carbons (Fsp3) is 0.688. The third kappa shape index (κ3) is 2.87. The van der Waals surface area contributed by atoms with Crippen LogP contribution in [0.3, 0.4) is 0 Å². The highest BCUT2D eigenvalue weighted by Gasteiger charge is 2.61. The van der Waals surface area contributed by atoms with Gasteiger partial charge in [0.2, 0.25) is 0 Å². The molecule has 1 aliphatic carbocycles. The van der Waals surface area contributed by atoms with Gasteiger partial charge in [0, 0.05) is 12.3 Å². The van der Waals surface area contributed by atoms with E-state index in [1.165, 1.54) is 0 Å². The number of ketones is 1. The van der Waals surface area contributed by atoms with Gasteiger partial charge >= 0.3 is 11.9 Å². The van der Waals surface area contributed by atoms with Crippen LogP contribution in [-0.4, -0.2) is 30.9 Å². The van der Waals surface area contributed by atoms with Crippen LogP contribution in [0, 0.1) is 17.3 Å². The van der Waals surface area contributed by atoms with Crippen molar-refractivity contribution in [3.63, 3.8) is 0 Å². The highest BCUT2D eigenvalue weighted by atomic mass is 16.6. The molecule has 118 valence electrons. The summed E-state index contributed by atoms with van der Waals surface area (Å²) in [5.41, 5.74) is -0.839. The molecule has 0 heterocycles. The summed E-state index contributed by atoms with van der Waals surface area (Å²) in [5, 5.41) is 0. The van der Waals surface area contributed by atoms with E-state index in [0.717, 1.165) is 0 Å². The quantitative estimate of drug-likeness (QED) is 0.427. The van der Waals surface area contributed by atoms with Gasteiger partial charge in [0.1, 0.15) is 5.78 Å². The molecule has 0 unspecified atom stereocenters. The molecule has 0 N–H and O–H groups in total. The monoisotopic (exact) mass is 296 g/mol. The number of esters is 2. The highest BCUT2D eigenvalue weighted by molar-refractivity contribution is 6.03. The zero-order chi connectivity index (χ0) is 16.2. The number of Topliss-reactive ketones (excluding diaryl/α,β-unsaturated/α-hetero) is 1. The first-order valence-corrected chi connectivity index (χ1v) is 7.41. The zero-order valence-electron chi connectivity index (χ0n) is 13.2. The lowest BCUT2D eigenvalue weighted by molar-refractivity contribution is -0.175. The molecule has 1 aliphatic rings. The van der Waals surface area contributed by atoms with Crippen LogP contribution in [-0.2, 0) is 23.9 Å². The predicted octanol–water partition coefficient (Wildman–Crippen LogP) is 2.29. The third-order valence-electron chi connectivity index (χ3n) is 4.20. The largest absolute Gasteiger partial charge is 0.465 e. The van der Waals surface area contributed by atoms with Crippen molar-refractivity contribution >= 4 is 17.7 Å². The molecule has 21 heavy (non-hydrogen) atoms. The normalized spacial score (nSPS) is 23.7. The summed E-state index contributed by atoms with van der Waals surface area (Å²) in [6.45, 7) is 11.1. The number of rotatable bonds is 6. The van der Waals surface area contributed by atoms with Crippen LogP contribution in [0.4, 0.5) is 0 Å². The van der Waals surface area contributed by atoms with Crippen molar-refractivity contribution in [2.45, 2.75) is 40.5 Å². The number of hydrogen-bond donors (Lipinski definition) is 0. The molecule has 0 bridgehead atoms. The van der Waals surface area contributed by atoms with Crippen LogP contribution in [0.2, 0.25) is 0 Å². The maximum Gasteiger partial charge on any atom is 0.324 e. The molecule has 5 nitrogen and oxygen atoms in total. The molecule has 0 saturated heterocycles. The van der Waals surface area contributed by atoms with Gasteiger partial charge in [-0.3, -0.25) is 14.4 Å². The molecule has 0 radical (unpaired) electrons. The zero-order valence-corrected chi connectivity index (χ0v) is 13.2. The lowest BCUT2D eigenvalue weighted by Crippen LogP contribution is -2.45. The number of carbonyl (C=O) groups excluding carboxylic acids is 3. The van der Waals surface area contributed by atoms with E-state index in [9.17, 15) is 14.4 Å². The summed E-state index contributed by atoms with van der Waals surface area (Å²) in [4.78, 5) is 37.0. The minimum Gasteiger partial charge on any atom is -0.465 e. The second kappa shape index (κ2) is 6.87. The molecular weight excluding hydrogens is 272 g/mol. The van der Waals surface area contributed by atoms with E-state index in [0.29, 0.717) is 12.0 Å².